The van der Waals surface area contributed by atoms with E-state index in [1.807, 2.05) is 72.0 Å². The second kappa shape index (κ2) is 9.32. The fraction of sp³-hybridized carbons (Fsp3) is 0.120. The molecule has 9 heteroatoms. The molecule has 0 aliphatic heterocycles. The Hall–Kier alpha value is -3.62. The molecule has 0 aliphatic carbocycles. The Morgan fingerprint density at radius 3 is 2.65 bits per heavy atom. The fourth-order valence-corrected chi connectivity index (χ4v) is 4.82. The molecule has 2 heterocycles. The Bertz CT molecular complexity index is 1590. The topological polar surface area (TPSA) is 81.3 Å². The van der Waals surface area contributed by atoms with E-state index in [4.69, 9.17) is 11.6 Å². The molecule has 3 aromatic carbocycles. The molecule has 170 valence electrons. The Labute approximate surface area is 204 Å². The van der Waals surface area contributed by atoms with E-state index in [1.165, 1.54) is 11.8 Å². The second-order valence-corrected chi connectivity index (χ2v) is 9.14. The zero-order valence-corrected chi connectivity index (χ0v) is 19.8. The number of fused-ring (bicyclic) bond motifs is 3. The van der Waals surface area contributed by atoms with Gasteiger partial charge in [0.25, 0.3) is 5.56 Å². The number of hydrogen-bond acceptors (Lipinski definition) is 5. The molecule has 5 rings (SSSR count). The molecule has 0 unspecified atom stereocenters. The Balaban J connectivity index is 1.49. The first-order valence-corrected chi connectivity index (χ1v) is 12.0. The molecular formula is C25H20ClN5O2S. The van der Waals surface area contributed by atoms with Crippen LogP contribution in [0.1, 0.15) is 11.1 Å². The van der Waals surface area contributed by atoms with Gasteiger partial charge in [-0.1, -0.05) is 65.8 Å². The second-order valence-electron chi connectivity index (χ2n) is 7.76. The van der Waals surface area contributed by atoms with Crippen LogP contribution in [-0.4, -0.2) is 30.8 Å². The molecule has 1 N–H and O–H groups in total. The summed E-state index contributed by atoms with van der Waals surface area (Å²) >= 11 is 7.28. The van der Waals surface area contributed by atoms with E-state index in [2.05, 4.69) is 15.5 Å². The van der Waals surface area contributed by atoms with Gasteiger partial charge in [0.15, 0.2) is 5.16 Å². The zero-order chi connectivity index (χ0) is 23.7. The maximum Gasteiger partial charge on any atom is 0.267 e. The highest BCUT2D eigenvalue weighted by Crippen LogP contribution is 2.24. The predicted octanol–water partition coefficient (Wildman–Crippen LogP) is 4.40. The van der Waals surface area contributed by atoms with Gasteiger partial charge in [-0.3, -0.25) is 14.0 Å². The van der Waals surface area contributed by atoms with Gasteiger partial charge in [0.1, 0.15) is 0 Å². The van der Waals surface area contributed by atoms with Gasteiger partial charge in [-0.05, 0) is 48.4 Å². The van der Waals surface area contributed by atoms with Crippen molar-refractivity contribution in [3.05, 3.63) is 99.3 Å². The molecule has 2 aromatic heterocycles. The number of thioether (sulfide) groups is 1. The van der Waals surface area contributed by atoms with Crippen molar-refractivity contribution in [2.24, 2.45) is 0 Å². The maximum absolute atomic E-state index is 13.4. The number of carbonyl (C=O) groups is 1. The molecule has 7 nitrogen and oxygen atoms in total. The van der Waals surface area contributed by atoms with Crippen molar-refractivity contribution in [3.8, 4) is 5.69 Å². The van der Waals surface area contributed by atoms with Crippen LogP contribution in [0.3, 0.4) is 0 Å². The average molecular weight is 490 g/mol. The molecule has 34 heavy (non-hydrogen) atoms. The third kappa shape index (κ3) is 4.18. The monoisotopic (exact) mass is 489 g/mol. The van der Waals surface area contributed by atoms with E-state index < -0.39 is 0 Å². The highest BCUT2D eigenvalue weighted by atomic mass is 35.5. The van der Waals surface area contributed by atoms with Gasteiger partial charge in [0.05, 0.1) is 22.3 Å². The van der Waals surface area contributed by atoms with Crippen LogP contribution in [0, 0.1) is 6.92 Å². The van der Waals surface area contributed by atoms with E-state index in [-0.39, 0.29) is 17.2 Å². The van der Waals surface area contributed by atoms with Crippen molar-refractivity contribution >= 4 is 46.0 Å². The first-order chi connectivity index (χ1) is 16.5. The number of aryl methyl sites for hydroxylation is 1. The van der Waals surface area contributed by atoms with Gasteiger partial charge in [-0.25, -0.2) is 4.57 Å². The fourth-order valence-electron chi connectivity index (χ4n) is 3.83. The summed E-state index contributed by atoms with van der Waals surface area (Å²) in [6, 6.07) is 22.4. The lowest BCUT2D eigenvalue weighted by Gasteiger charge is -2.13. The zero-order valence-electron chi connectivity index (χ0n) is 18.2. The van der Waals surface area contributed by atoms with Crippen molar-refractivity contribution in [1.29, 1.82) is 0 Å². The van der Waals surface area contributed by atoms with E-state index in [9.17, 15) is 9.59 Å². The number of halogens is 1. The highest BCUT2D eigenvalue weighted by molar-refractivity contribution is 7.99. The van der Waals surface area contributed by atoms with E-state index in [0.717, 1.165) is 16.8 Å². The summed E-state index contributed by atoms with van der Waals surface area (Å²) in [6.45, 7) is 2.33. The molecule has 0 spiro atoms. The molecule has 0 fully saturated rings. The minimum atomic E-state index is -0.166. The van der Waals surface area contributed by atoms with Crippen molar-refractivity contribution in [2.75, 3.05) is 5.75 Å². The quantitative estimate of drug-likeness (QED) is 0.357. The molecule has 0 bridgehead atoms. The van der Waals surface area contributed by atoms with Gasteiger partial charge >= 0.3 is 0 Å². The van der Waals surface area contributed by atoms with E-state index in [1.54, 1.807) is 16.7 Å². The Morgan fingerprint density at radius 1 is 1.03 bits per heavy atom. The predicted molar refractivity (Wildman–Crippen MR) is 135 cm³/mol. The number of nitrogens with zero attached hydrogens (tertiary/aromatic N) is 4. The van der Waals surface area contributed by atoms with Crippen LogP contribution in [0.15, 0.2) is 82.7 Å². The first kappa shape index (κ1) is 22.2. The number of benzene rings is 3. The lowest BCUT2D eigenvalue weighted by atomic mass is 10.2. The van der Waals surface area contributed by atoms with Gasteiger partial charge in [-0.15, -0.1) is 10.2 Å². The first-order valence-electron chi connectivity index (χ1n) is 10.6. The van der Waals surface area contributed by atoms with Gasteiger partial charge in [0, 0.05) is 11.6 Å². The largest absolute Gasteiger partial charge is 0.351 e. The standard InChI is InChI=1S/C25H20ClN5O2S/c1-16-7-2-4-11-20(16)30-23(33)19-10-3-5-12-21(19)31-24(30)28-29-25(31)34-15-22(32)27-14-17-8-6-9-18(26)13-17/h2-13H,14-15H2,1H3,(H,27,32). The van der Waals surface area contributed by atoms with Crippen molar-refractivity contribution in [3.63, 3.8) is 0 Å². The molecule has 0 radical (unpaired) electrons. The van der Waals surface area contributed by atoms with E-state index in [0.29, 0.717) is 33.4 Å². The number of aromatic nitrogens is 4. The molecule has 0 atom stereocenters. The van der Waals surface area contributed by atoms with Crippen LogP contribution in [0.2, 0.25) is 5.02 Å². The SMILES string of the molecule is Cc1ccccc1-n1c(=O)c2ccccc2n2c(SCC(=O)NCc3cccc(Cl)c3)nnc12. The number of hydrogen-bond donors (Lipinski definition) is 1. The van der Waals surface area contributed by atoms with Gasteiger partial charge in [0.2, 0.25) is 11.7 Å². The number of amides is 1. The Kier molecular flexibility index (Phi) is 6.08. The third-order valence-electron chi connectivity index (χ3n) is 5.46. The van der Waals surface area contributed by atoms with Gasteiger partial charge < -0.3 is 5.32 Å². The lowest BCUT2D eigenvalue weighted by Crippen LogP contribution is -2.25. The Morgan fingerprint density at radius 2 is 1.82 bits per heavy atom. The number of rotatable bonds is 6. The smallest absolute Gasteiger partial charge is 0.267 e. The number of carbonyl (C=O) groups excluding carboxylic acids is 1. The minimum absolute atomic E-state index is 0.141. The molecule has 1 amide bonds. The summed E-state index contributed by atoms with van der Waals surface area (Å²) in [5, 5.41) is 13.3. The molecule has 5 aromatic rings. The maximum atomic E-state index is 13.4. The lowest BCUT2D eigenvalue weighted by molar-refractivity contribution is -0.118. The summed E-state index contributed by atoms with van der Waals surface area (Å²) in [4.78, 5) is 25.9. The summed E-state index contributed by atoms with van der Waals surface area (Å²) in [5.41, 5.74) is 3.14. The van der Waals surface area contributed by atoms with Crippen LogP contribution in [-0.2, 0) is 11.3 Å². The van der Waals surface area contributed by atoms with Crippen molar-refractivity contribution < 1.29 is 4.79 Å². The molecule has 0 saturated carbocycles. The van der Waals surface area contributed by atoms with Crippen LogP contribution in [0.5, 0.6) is 0 Å². The molecule has 0 saturated heterocycles. The number of para-hydroxylation sites is 2. The highest BCUT2D eigenvalue weighted by Gasteiger charge is 2.19. The van der Waals surface area contributed by atoms with Crippen LogP contribution >= 0.6 is 23.4 Å². The van der Waals surface area contributed by atoms with Gasteiger partial charge in [-0.2, -0.15) is 0 Å². The normalized spacial score (nSPS) is 11.2. The van der Waals surface area contributed by atoms with Crippen LogP contribution in [0.4, 0.5) is 0 Å². The van der Waals surface area contributed by atoms with Crippen molar-refractivity contribution in [1.82, 2.24) is 24.5 Å². The minimum Gasteiger partial charge on any atom is -0.351 e. The van der Waals surface area contributed by atoms with E-state index >= 15 is 0 Å². The number of nitrogens with one attached hydrogen (secondary N) is 1. The molecular weight excluding hydrogens is 470 g/mol. The van der Waals surface area contributed by atoms with Crippen LogP contribution in [0.25, 0.3) is 22.4 Å². The summed E-state index contributed by atoms with van der Waals surface area (Å²) < 4.78 is 3.41. The third-order valence-corrected chi connectivity index (χ3v) is 6.63. The summed E-state index contributed by atoms with van der Waals surface area (Å²) in [6.07, 6.45) is 0. The summed E-state index contributed by atoms with van der Waals surface area (Å²) in [5.74, 6) is 0.414. The van der Waals surface area contributed by atoms with Crippen LogP contribution < -0.4 is 10.9 Å². The summed E-state index contributed by atoms with van der Waals surface area (Å²) in [7, 11) is 0. The molecule has 0 aliphatic rings. The van der Waals surface area contributed by atoms with Crippen molar-refractivity contribution in [2.45, 2.75) is 18.6 Å². The average Bonchev–Trinajstić information content (AvgIpc) is 3.26.